The highest BCUT2D eigenvalue weighted by Crippen LogP contribution is 1.91. The van der Waals surface area contributed by atoms with Gasteiger partial charge in [0.05, 0.1) is 0 Å². The molecule has 0 unspecified atom stereocenters. The van der Waals surface area contributed by atoms with Crippen LogP contribution >= 0.6 is 0 Å². The number of carbonyl (C=O) groups is 3. The molecular weight excluding hydrogens is 252 g/mol. The molecule has 0 saturated heterocycles. The van der Waals surface area contributed by atoms with Gasteiger partial charge >= 0.3 is 11.9 Å². The average Bonchev–Trinajstić information content (AvgIpc) is 2.41. The van der Waals surface area contributed by atoms with Crippen molar-refractivity contribution in [2.75, 3.05) is 0 Å². The minimum absolute atomic E-state index is 0.222. The number of hydrogen-bond donors (Lipinski definition) is 3. The van der Waals surface area contributed by atoms with E-state index in [0.717, 1.165) is 0 Å². The molecule has 0 aliphatic rings. The molecule has 0 aliphatic carbocycles. The molecule has 0 radical (unpaired) electrons. The number of hydrogen-bond acceptors (Lipinski definition) is 4. The minimum Gasteiger partial charge on any atom is -0.481 e. The normalized spacial score (nSPS) is 8.11. The van der Waals surface area contributed by atoms with Gasteiger partial charge in [0.2, 0.25) is 5.91 Å². The van der Waals surface area contributed by atoms with E-state index in [1.807, 2.05) is 0 Å². The summed E-state index contributed by atoms with van der Waals surface area (Å²) in [6.45, 7) is 3.20. The lowest BCUT2D eigenvalue weighted by Gasteiger charge is -1.88. The van der Waals surface area contributed by atoms with Crippen LogP contribution in [0.5, 0.6) is 0 Å². The highest BCUT2D eigenvalue weighted by atomic mass is 16.4. The van der Waals surface area contributed by atoms with Gasteiger partial charge in [-0.05, 0) is 12.1 Å². The fourth-order valence-corrected chi connectivity index (χ4v) is 0.516. The van der Waals surface area contributed by atoms with E-state index in [1.165, 1.54) is 12.4 Å². The number of carboxylic acid groups (broad SMARTS) is 2. The molecule has 1 aromatic rings. The maximum atomic E-state index is 10.4. The Morgan fingerprint density at radius 1 is 1.05 bits per heavy atom. The van der Waals surface area contributed by atoms with Gasteiger partial charge in [-0.15, -0.1) is 0 Å². The zero-order valence-corrected chi connectivity index (χ0v) is 10.9. The third-order valence-corrected chi connectivity index (χ3v) is 1.57. The summed E-state index contributed by atoms with van der Waals surface area (Å²) in [6, 6.07) is 3.14. The number of rotatable bonds is 3. The largest absolute Gasteiger partial charge is 0.481 e. The first kappa shape index (κ1) is 18.9. The van der Waals surface area contributed by atoms with Gasteiger partial charge in [-0.3, -0.25) is 19.4 Å². The van der Waals surface area contributed by atoms with Crippen molar-refractivity contribution in [3.63, 3.8) is 0 Å². The van der Waals surface area contributed by atoms with Gasteiger partial charge in [-0.1, -0.05) is 13.8 Å². The molecule has 7 heteroatoms. The van der Waals surface area contributed by atoms with Crippen molar-refractivity contribution in [2.45, 2.75) is 26.7 Å². The van der Waals surface area contributed by atoms with Crippen molar-refractivity contribution in [2.24, 2.45) is 5.73 Å². The van der Waals surface area contributed by atoms with Crippen LogP contribution in [-0.2, 0) is 9.59 Å². The van der Waals surface area contributed by atoms with Gasteiger partial charge in [-0.25, -0.2) is 0 Å². The van der Waals surface area contributed by atoms with Crippen molar-refractivity contribution in [3.05, 3.63) is 30.1 Å². The molecule has 4 N–H and O–H groups in total. The first-order valence-corrected chi connectivity index (χ1v) is 5.48. The van der Waals surface area contributed by atoms with E-state index in [4.69, 9.17) is 15.9 Å². The second-order valence-electron chi connectivity index (χ2n) is 3.09. The highest BCUT2D eigenvalue weighted by molar-refractivity contribution is 5.92. The Bertz CT molecular complexity index is 378. The second kappa shape index (κ2) is 12.0. The van der Waals surface area contributed by atoms with Crippen LogP contribution in [0.1, 0.15) is 37.0 Å². The van der Waals surface area contributed by atoms with E-state index in [1.54, 1.807) is 26.0 Å². The molecule has 0 spiro atoms. The number of aliphatic carboxylic acids is 2. The molecule has 1 aromatic heterocycles. The molecule has 1 amide bonds. The van der Waals surface area contributed by atoms with Gasteiger partial charge in [0.15, 0.2) is 0 Å². The van der Waals surface area contributed by atoms with Crippen LogP contribution in [0.3, 0.4) is 0 Å². The van der Waals surface area contributed by atoms with Crippen LogP contribution in [0.2, 0.25) is 0 Å². The summed E-state index contributed by atoms with van der Waals surface area (Å²) in [4.78, 5) is 32.9. The van der Waals surface area contributed by atoms with E-state index in [0.29, 0.717) is 5.56 Å². The van der Waals surface area contributed by atoms with Crippen LogP contribution in [0, 0.1) is 0 Å². The second-order valence-corrected chi connectivity index (χ2v) is 3.09. The Hall–Kier alpha value is -2.44. The quantitative estimate of drug-likeness (QED) is 0.754. The minimum atomic E-state index is -0.745. The number of aromatic nitrogens is 1. The van der Waals surface area contributed by atoms with E-state index in [9.17, 15) is 14.4 Å². The summed E-state index contributed by atoms with van der Waals surface area (Å²) in [6.07, 6.45) is 3.50. The van der Waals surface area contributed by atoms with Crippen molar-refractivity contribution < 1.29 is 24.6 Å². The molecule has 7 nitrogen and oxygen atoms in total. The highest BCUT2D eigenvalue weighted by Gasteiger charge is 1.94. The molecule has 0 saturated carbocycles. The van der Waals surface area contributed by atoms with Crippen molar-refractivity contribution in [3.8, 4) is 0 Å². The Kier molecular flexibility index (Phi) is 12.0. The molecular formula is C12H18N2O5. The van der Waals surface area contributed by atoms with E-state index < -0.39 is 17.8 Å². The van der Waals surface area contributed by atoms with Gasteiger partial charge in [0.1, 0.15) is 0 Å². The smallest absolute Gasteiger partial charge is 0.303 e. The van der Waals surface area contributed by atoms with Crippen LogP contribution in [0.4, 0.5) is 0 Å². The van der Waals surface area contributed by atoms with Crippen molar-refractivity contribution in [1.29, 1.82) is 0 Å². The van der Waals surface area contributed by atoms with Gasteiger partial charge in [0.25, 0.3) is 0 Å². The third kappa shape index (κ3) is 15.6. The summed E-state index contributed by atoms with van der Waals surface area (Å²) in [7, 11) is 0. The lowest BCUT2D eigenvalue weighted by Crippen LogP contribution is -2.10. The molecule has 1 heterocycles. The summed E-state index contributed by atoms with van der Waals surface area (Å²) >= 11 is 0. The van der Waals surface area contributed by atoms with Crippen molar-refractivity contribution in [1.82, 2.24) is 4.98 Å². The zero-order valence-electron chi connectivity index (χ0n) is 10.9. The Morgan fingerprint density at radius 2 is 1.37 bits per heavy atom. The Balaban J connectivity index is 0. The predicted molar refractivity (Wildman–Crippen MR) is 68.6 cm³/mol. The SMILES string of the molecule is CCC(=O)O.CCC(=O)O.NC(=O)c1ccncc1. The first-order valence-electron chi connectivity index (χ1n) is 5.48. The van der Waals surface area contributed by atoms with Crippen LogP contribution < -0.4 is 5.73 Å². The monoisotopic (exact) mass is 270 g/mol. The summed E-state index contributed by atoms with van der Waals surface area (Å²) in [5.41, 5.74) is 5.44. The Morgan fingerprint density at radius 3 is 1.53 bits per heavy atom. The van der Waals surface area contributed by atoms with Gasteiger partial charge in [0, 0.05) is 30.8 Å². The summed E-state index contributed by atoms with van der Waals surface area (Å²) in [5.74, 6) is -1.91. The van der Waals surface area contributed by atoms with Crippen LogP contribution in [0.25, 0.3) is 0 Å². The average molecular weight is 270 g/mol. The number of pyridine rings is 1. The van der Waals surface area contributed by atoms with E-state index >= 15 is 0 Å². The summed E-state index contributed by atoms with van der Waals surface area (Å²) in [5, 5.41) is 15.4. The number of amides is 1. The maximum Gasteiger partial charge on any atom is 0.303 e. The zero-order chi connectivity index (χ0) is 15.3. The fourth-order valence-electron chi connectivity index (χ4n) is 0.516. The number of nitrogens with zero attached hydrogens (tertiary/aromatic N) is 1. The standard InChI is InChI=1S/C6H6N2O.2C3H6O2/c7-6(9)5-1-3-8-4-2-5;2*1-2-3(4)5/h1-4H,(H2,7,9);2*2H2,1H3,(H,4,5). The number of carboxylic acids is 2. The topological polar surface area (TPSA) is 131 Å². The number of carbonyl (C=O) groups excluding carboxylic acids is 1. The molecule has 0 bridgehead atoms. The first-order chi connectivity index (χ1) is 8.84. The Labute approximate surface area is 111 Å². The molecule has 0 aliphatic heterocycles. The fraction of sp³-hybridized carbons (Fsp3) is 0.333. The summed E-state index contributed by atoms with van der Waals surface area (Å²) < 4.78 is 0. The maximum absolute atomic E-state index is 10.4. The van der Waals surface area contributed by atoms with E-state index in [-0.39, 0.29) is 12.8 Å². The molecule has 1 rings (SSSR count). The molecule has 0 aromatic carbocycles. The lowest BCUT2D eigenvalue weighted by atomic mass is 10.3. The van der Waals surface area contributed by atoms with E-state index in [2.05, 4.69) is 4.98 Å². The van der Waals surface area contributed by atoms with Crippen LogP contribution in [-0.4, -0.2) is 33.0 Å². The number of primary amides is 1. The molecule has 0 fully saturated rings. The molecule has 0 atom stereocenters. The lowest BCUT2D eigenvalue weighted by molar-refractivity contribution is -0.137. The molecule has 19 heavy (non-hydrogen) atoms. The van der Waals surface area contributed by atoms with Gasteiger partial charge < -0.3 is 15.9 Å². The predicted octanol–water partition coefficient (Wildman–Crippen LogP) is 1.14. The third-order valence-electron chi connectivity index (χ3n) is 1.57. The molecule has 106 valence electrons. The number of nitrogens with two attached hydrogens (primary N) is 1. The van der Waals surface area contributed by atoms with Gasteiger partial charge in [-0.2, -0.15) is 0 Å². The van der Waals surface area contributed by atoms with Crippen LogP contribution in [0.15, 0.2) is 24.5 Å². The van der Waals surface area contributed by atoms with Crippen molar-refractivity contribution >= 4 is 17.8 Å².